The zero-order valence-electron chi connectivity index (χ0n) is 45.4. The Morgan fingerprint density at radius 3 is 2.18 bits per heavy atom. The number of rotatable bonds is 18. The van der Waals surface area contributed by atoms with Crippen LogP contribution in [0.3, 0.4) is 0 Å². The summed E-state index contributed by atoms with van der Waals surface area (Å²) in [4.78, 5) is 38.0. The van der Waals surface area contributed by atoms with Gasteiger partial charge in [0.1, 0.15) is 22.9 Å². The molecule has 12 aromatic rings. The van der Waals surface area contributed by atoms with Crippen LogP contribution in [0, 0.1) is 12.7 Å². The summed E-state index contributed by atoms with van der Waals surface area (Å²) in [5.41, 5.74) is 34.2. The lowest BCUT2D eigenvalue weighted by atomic mass is 9.94. The molecule has 408 valence electrons. The standard InChI is InChI=1S/C64H58FN14O3/c1-38-25-27-50(65)54(72-38)35-52(67)61-46(21-12-30-70-61)60-48-20-11-19-43(64(48)82-76-60)39-32-49(62(71-36-39)51(66)33-41-14-8-9-29-69-41)58-44-17-4-6-23-55(44)79(74-58)37-78-31-13-22-47(59-45-18-5-7-24-56(45)81-75-59)63(78)53(68)34-42-16-10-15-40(73-42)26-28-57(80)77(2)3/h4-25,27,29-32,36,51-53H,26,28,33-35,37,66-68H2,1-3H3/q+1/t51-,52-,53-/m0/s1. The molecule has 0 bridgehead atoms. The van der Waals surface area contributed by atoms with Gasteiger partial charge in [0, 0.05) is 120 Å². The third-order valence-corrected chi connectivity index (χ3v) is 14.8. The van der Waals surface area contributed by atoms with Crippen molar-refractivity contribution in [2.24, 2.45) is 17.2 Å². The number of carbonyl (C=O) groups excluding carboxylic acids is 1. The minimum atomic E-state index is -0.698. The minimum Gasteiger partial charge on any atom is -0.356 e. The van der Waals surface area contributed by atoms with E-state index in [9.17, 15) is 9.18 Å². The van der Waals surface area contributed by atoms with Gasteiger partial charge in [0.25, 0.3) is 0 Å². The van der Waals surface area contributed by atoms with Crippen LogP contribution >= 0.6 is 0 Å². The molecule has 18 heteroatoms. The van der Waals surface area contributed by atoms with Gasteiger partial charge in [-0.05, 0) is 98.3 Å². The number of amides is 1. The Morgan fingerprint density at radius 2 is 1.33 bits per heavy atom. The van der Waals surface area contributed by atoms with Crippen LogP contribution in [0.25, 0.3) is 77.7 Å². The average molecular weight is 1090 g/mol. The van der Waals surface area contributed by atoms with Crippen LogP contribution in [0.4, 0.5) is 4.39 Å². The van der Waals surface area contributed by atoms with Crippen LogP contribution in [0.2, 0.25) is 0 Å². The molecule has 1 amide bonds. The van der Waals surface area contributed by atoms with E-state index in [4.69, 9.17) is 41.3 Å². The highest BCUT2D eigenvalue weighted by atomic mass is 19.1. The summed E-state index contributed by atoms with van der Waals surface area (Å²) in [7, 11) is 3.51. The van der Waals surface area contributed by atoms with Crippen molar-refractivity contribution in [1.29, 1.82) is 0 Å². The first kappa shape index (κ1) is 52.9. The molecule has 3 aromatic carbocycles. The fourth-order valence-corrected chi connectivity index (χ4v) is 10.8. The van der Waals surface area contributed by atoms with Gasteiger partial charge < -0.3 is 31.1 Å². The molecule has 0 aliphatic heterocycles. The molecule has 6 N–H and O–H groups in total. The molecule has 0 spiro atoms. The fourth-order valence-electron chi connectivity index (χ4n) is 10.8. The maximum atomic E-state index is 15.0. The molecule has 0 aliphatic rings. The Hall–Kier alpha value is -9.75. The second kappa shape index (κ2) is 22.8. The summed E-state index contributed by atoms with van der Waals surface area (Å²) in [6.07, 6.45) is 8.99. The molecule has 9 aromatic heterocycles. The summed E-state index contributed by atoms with van der Waals surface area (Å²) in [5.74, 6) is -0.395. The monoisotopic (exact) mass is 1090 g/mol. The van der Waals surface area contributed by atoms with Gasteiger partial charge in [0.05, 0.1) is 51.7 Å². The van der Waals surface area contributed by atoms with Crippen LogP contribution in [-0.4, -0.2) is 69.9 Å². The second-order valence-corrected chi connectivity index (χ2v) is 20.7. The largest absolute Gasteiger partial charge is 0.356 e. The van der Waals surface area contributed by atoms with Crippen molar-refractivity contribution in [3.8, 4) is 44.9 Å². The van der Waals surface area contributed by atoms with E-state index in [1.54, 1.807) is 43.7 Å². The molecule has 82 heavy (non-hydrogen) atoms. The second-order valence-electron chi connectivity index (χ2n) is 20.7. The van der Waals surface area contributed by atoms with Crippen molar-refractivity contribution >= 4 is 38.7 Å². The molecule has 9 heterocycles. The highest BCUT2D eigenvalue weighted by Crippen LogP contribution is 2.40. The Labute approximate surface area is 471 Å². The highest BCUT2D eigenvalue weighted by Gasteiger charge is 2.31. The molecule has 3 atom stereocenters. The summed E-state index contributed by atoms with van der Waals surface area (Å²) < 4.78 is 31.2. The van der Waals surface area contributed by atoms with Crippen molar-refractivity contribution in [2.45, 2.75) is 63.8 Å². The first-order valence-electron chi connectivity index (χ1n) is 27.1. The minimum absolute atomic E-state index is 0.0332. The summed E-state index contributed by atoms with van der Waals surface area (Å²) in [5, 5.41) is 17.2. The van der Waals surface area contributed by atoms with Gasteiger partial charge in [0.15, 0.2) is 17.4 Å². The number of pyridine rings is 6. The summed E-state index contributed by atoms with van der Waals surface area (Å²) >= 11 is 0. The molecule has 0 saturated heterocycles. The Kier molecular flexibility index (Phi) is 14.7. The molecule has 12 rings (SSSR count). The van der Waals surface area contributed by atoms with Crippen molar-refractivity contribution < 1.29 is 22.8 Å². The number of nitrogens with zero attached hydrogens (tertiary/aromatic N) is 11. The van der Waals surface area contributed by atoms with Gasteiger partial charge >= 0.3 is 0 Å². The number of halogens is 1. The van der Waals surface area contributed by atoms with Gasteiger partial charge in [0.2, 0.25) is 18.3 Å². The van der Waals surface area contributed by atoms with Gasteiger partial charge in [-0.25, -0.2) is 9.07 Å². The van der Waals surface area contributed by atoms with E-state index >= 15 is 0 Å². The van der Waals surface area contributed by atoms with E-state index < -0.39 is 23.9 Å². The maximum Gasteiger partial charge on any atom is 0.243 e. The quantitative estimate of drug-likeness (QED) is 0.0678. The number of fused-ring (bicyclic) bond motifs is 3. The summed E-state index contributed by atoms with van der Waals surface area (Å²) in [6, 6.07) is 44.3. The fraction of sp³-hybridized carbons (Fsp3) is 0.188. The third-order valence-electron chi connectivity index (χ3n) is 14.8. The SMILES string of the molecule is Cc1ccc(F)c(C[C@H](N)c2ncccc2-c2noc3c(-c4cnc([C@@H](N)Cc5ccccn5)c(-c5nn(C[n+]6cccc(-c7noc8ccccc78)c6[C@@H](N)Cc6cccc(CCC(=O)N(C)C)n6)c6ccccc56)c4)cccc23)n1. The lowest BCUT2D eigenvalue weighted by Gasteiger charge is -2.16. The van der Waals surface area contributed by atoms with Crippen molar-refractivity contribution in [1.82, 2.24) is 49.9 Å². The van der Waals surface area contributed by atoms with Crippen molar-refractivity contribution in [3.05, 3.63) is 222 Å². The van der Waals surface area contributed by atoms with Crippen LogP contribution in [0.15, 0.2) is 179 Å². The molecule has 0 aliphatic carbocycles. The molecule has 0 unspecified atom stereocenters. The number of benzene rings is 3. The molecular formula is C64H58FN14O3+. The number of hydrogen-bond acceptors (Lipinski definition) is 14. The highest BCUT2D eigenvalue weighted by molar-refractivity contribution is 6.01. The Bertz CT molecular complexity index is 4310. The maximum absolute atomic E-state index is 15.0. The Morgan fingerprint density at radius 1 is 0.634 bits per heavy atom. The zero-order chi connectivity index (χ0) is 56.4. The van der Waals surface area contributed by atoms with E-state index in [1.165, 1.54) is 6.07 Å². The zero-order valence-corrected chi connectivity index (χ0v) is 45.4. The lowest BCUT2D eigenvalue weighted by molar-refractivity contribution is -0.710. The van der Waals surface area contributed by atoms with Crippen molar-refractivity contribution in [2.75, 3.05) is 14.1 Å². The molecule has 0 fully saturated rings. The van der Waals surface area contributed by atoms with Crippen LogP contribution in [0.5, 0.6) is 0 Å². The molecule has 17 nitrogen and oxygen atoms in total. The number of hydrogen-bond donors (Lipinski definition) is 3. The van der Waals surface area contributed by atoms with E-state index in [2.05, 4.69) is 42.0 Å². The van der Waals surface area contributed by atoms with Gasteiger partial charge in [-0.15, -0.1) is 0 Å². The van der Waals surface area contributed by atoms with E-state index in [0.717, 1.165) is 61.1 Å². The molecule has 0 radical (unpaired) electrons. The summed E-state index contributed by atoms with van der Waals surface area (Å²) in [6.45, 7) is 2.06. The van der Waals surface area contributed by atoms with Gasteiger partial charge in [-0.1, -0.05) is 64.9 Å². The van der Waals surface area contributed by atoms with Gasteiger partial charge in [-0.2, -0.15) is 9.67 Å². The van der Waals surface area contributed by atoms with Crippen molar-refractivity contribution in [3.63, 3.8) is 0 Å². The molecular weight excluding hydrogens is 1030 g/mol. The van der Waals surface area contributed by atoms with E-state index in [1.807, 2.05) is 139 Å². The first-order chi connectivity index (χ1) is 39.9. The first-order valence-corrected chi connectivity index (χ1v) is 27.1. The Balaban J connectivity index is 0.953. The van der Waals surface area contributed by atoms with Crippen LogP contribution < -0.4 is 21.8 Å². The molecule has 0 saturated carbocycles. The number of aromatic nitrogens is 10. The predicted molar refractivity (Wildman–Crippen MR) is 311 cm³/mol. The predicted octanol–water partition coefficient (Wildman–Crippen LogP) is 9.95. The van der Waals surface area contributed by atoms with Crippen LogP contribution in [0.1, 0.15) is 70.1 Å². The number of carbonyl (C=O) groups is 1. The third kappa shape index (κ3) is 10.6. The smallest absolute Gasteiger partial charge is 0.243 e. The average Bonchev–Trinajstić information content (AvgIpc) is 4.44. The van der Waals surface area contributed by atoms with Gasteiger partial charge in [-0.3, -0.25) is 29.7 Å². The number of aryl methyl sites for hydroxylation is 2. The van der Waals surface area contributed by atoms with E-state index in [-0.39, 0.29) is 24.7 Å². The van der Waals surface area contributed by atoms with E-state index in [0.29, 0.717) is 82.1 Å². The topological polar surface area (TPSA) is 237 Å². The lowest BCUT2D eigenvalue weighted by Crippen LogP contribution is -2.45. The normalized spacial score (nSPS) is 12.8. The number of nitrogens with two attached hydrogens (primary N) is 3. The number of para-hydroxylation sites is 3. The van der Waals surface area contributed by atoms with Crippen LogP contribution in [-0.2, 0) is 37.1 Å².